The Hall–Kier alpha value is -4.57. The summed E-state index contributed by atoms with van der Waals surface area (Å²) in [6, 6.07) is 6.15. The second kappa shape index (κ2) is 16.2. The van der Waals surface area contributed by atoms with Gasteiger partial charge in [0.05, 0.1) is 56.4 Å². The fraction of sp³-hybridized carbons (Fsp3) is 0.0741. The molecule has 20 nitrogen and oxygen atoms in total. The molecule has 2 aromatic carbocycles. The van der Waals surface area contributed by atoms with Gasteiger partial charge in [0.1, 0.15) is 16.3 Å². The number of benzene rings is 2. The number of hydrogen-bond donors (Lipinski definition) is 5. The van der Waals surface area contributed by atoms with Crippen molar-refractivity contribution >= 4 is 79.3 Å². The number of aromatic hydroxyl groups is 1. The Morgan fingerprint density at radius 3 is 2.16 bits per heavy atom. The van der Waals surface area contributed by atoms with Gasteiger partial charge in [-0.15, -0.1) is 8.67 Å². The van der Waals surface area contributed by atoms with Crippen LogP contribution in [-0.4, -0.2) is 74.5 Å². The number of hydrazone groups is 1. The predicted molar refractivity (Wildman–Crippen MR) is 174 cm³/mol. The van der Waals surface area contributed by atoms with Crippen molar-refractivity contribution in [3.05, 3.63) is 77.5 Å². The van der Waals surface area contributed by atoms with Crippen LogP contribution in [0.1, 0.15) is 29.9 Å². The Morgan fingerprint density at radius 1 is 0.863 bits per heavy atom. The minimum Gasteiger partial charge on any atom is -0.493 e. The molecule has 24 heteroatoms. The third-order valence-corrected chi connectivity index (χ3v) is 9.38. The highest BCUT2D eigenvalue weighted by molar-refractivity contribution is 7.95. The number of aromatic nitrogens is 2. The van der Waals surface area contributed by atoms with E-state index in [-0.39, 0.29) is 27.4 Å². The van der Waals surface area contributed by atoms with E-state index >= 15 is 0 Å². The van der Waals surface area contributed by atoms with Gasteiger partial charge in [-0.25, -0.2) is 10.5 Å². The molecule has 0 unspecified atom stereocenters. The molecule has 0 saturated carbocycles. The number of ketones is 2. The van der Waals surface area contributed by atoms with Gasteiger partial charge in [0.25, 0.3) is 26.1 Å². The first-order chi connectivity index (χ1) is 24.0. The molecular weight excluding hydrogens is 765 g/mol. The molecule has 51 heavy (non-hydrogen) atoms. The van der Waals surface area contributed by atoms with Crippen molar-refractivity contribution in [3.8, 4) is 11.6 Å². The molecule has 0 aliphatic carbocycles. The predicted octanol–water partition coefficient (Wildman–Crippen LogP) is 3.62. The number of hydrogen-bond acceptors (Lipinski definition) is 18. The van der Waals surface area contributed by atoms with Crippen LogP contribution in [0.25, 0.3) is 11.8 Å². The molecule has 0 radical (unpaired) electrons. The van der Waals surface area contributed by atoms with E-state index in [0.717, 1.165) is 24.9 Å². The molecular formula is C27H22N4O16S4. The van der Waals surface area contributed by atoms with Gasteiger partial charge in [0.15, 0.2) is 11.6 Å². The number of rotatable bonds is 15. The lowest BCUT2D eigenvalue weighted by Gasteiger charge is -2.16. The lowest BCUT2D eigenvalue weighted by Crippen LogP contribution is -2.22. The molecule has 1 amide bonds. The number of allylic oxidation sites excluding steroid dienone is 4. The van der Waals surface area contributed by atoms with Gasteiger partial charge in [0, 0.05) is 18.7 Å². The third-order valence-electron chi connectivity index (χ3n) is 6.40. The average Bonchev–Trinajstić information content (AvgIpc) is 3.57. The molecule has 0 saturated heterocycles. The van der Waals surface area contributed by atoms with Gasteiger partial charge in [-0.3, -0.25) is 23.5 Å². The third kappa shape index (κ3) is 9.03. The lowest BCUT2D eigenvalue weighted by molar-refractivity contribution is -0.432. The smallest absolute Gasteiger partial charge is 0.296 e. The Kier molecular flexibility index (Phi) is 12.4. The number of carbonyl (C=O) groups is 3. The zero-order valence-electron chi connectivity index (χ0n) is 25.5. The quantitative estimate of drug-likeness (QED) is 0.0279. The van der Waals surface area contributed by atoms with E-state index in [0.29, 0.717) is 51.9 Å². The van der Waals surface area contributed by atoms with Gasteiger partial charge < -0.3 is 5.11 Å². The highest BCUT2D eigenvalue weighted by Crippen LogP contribution is 2.38. The summed E-state index contributed by atoms with van der Waals surface area (Å²) in [5.74, 6) is -2.98. The van der Waals surface area contributed by atoms with Crippen LogP contribution in [0.2, 0.25) is 0 Å². The molecule has 270 valence electrons. The Bertz CT molecular complexity index is 2250. The summed E-state index contributed by atoms with van der Waals surface area (Å²) in [7, 11) is -9.93. The summed E-state index contributed by atoms with van der Waals surface area (Å²) in [6.45, 7) is 2.23. The van der Waals surface area contributed by atoms with Crippen LogP contribution in [-0.2, 0) is 48.6 Å². The van der Waals surface area contributed by atoms with Crippen molar-refractivity contribution in [1.82, 2.24) is 9.78 Å². The average molecular weight is 787 g/mol. The van der Waals surface area contributed by atoms with Crippen LogP contribution < -0.4 is 5.01 Å². The summed E-state index contributed by atoms with van der Waals surface area (Å²) in [4.78, 5) is 37.0. The fourth-order valence-electron chi connectivity index (χ4n) is 4.29. The molecule has 2 heterocycles. The van der Waals surface area contributed by atoms with Crippen molar-refractivity contribution in [3.63, 3.8) is 0 Å². The first kappa shape index (κ1) is 39.2. The fourth-order valence-corrected chi connectivity index (χ4v) is 6.29. The molecule has 0 spiro atoms. The maximum atomic E-state index is 13.5. The second-order valence-electron chi connectivity index (χ2n) is 9.66. The van der Waals surface area contributed by atoms with Crippen molar-refractivity contribution in [2.24, 2.45) is 5.10 Å². The van der Waals surface area contributed by atoms with Crippen LogP contribution in [0.5, 0.6) is 5.88 Å². The standard InChI is InChI=1S/C27H22N4O16S4/c1-14(32)24-18(26(34)30(28-24)20-12-16(48-46-44-36)8-10-22(20)49-47-45-37)6-4-3-5-7-19-25(15(2)33)29-31(27(19)35)21-13-17(50(38,39)40)9-11-23(21)51(41,42)43/h3-13,35-37H,1-2H3,(H,38,39,40)(H,41,42,43)/b4-3+,7-5+,18-6-. The van der Waals surface area contributed by atoms with Gasteiger partial charge in [0.2, 0.25) is 5.88 Å². The number of carbonyl (C=O) groups excluding carboxylic acids is 3. The van der Waals surface area contributed by atoms with E-state index in [1.54, 1.807) is 0 Å². The van der Waals surface area contributed by atoms with Crippen LogP contribution in [0.3, 0.4) is 0 Å². The van der Waals surface area contributed by atoms with Gasteiger partial charge in [-0.05, 0) is 48.6 Å². The first-order valence-corrected chi connectivity index (χ1v) is 17.7. The molecule has 4 rings (SSSR count). The number of amides is 1. The number of anilines is 1. The van der Waals surface area contributed by atoms with Crippen LogP contribution in [0.4, 0.5) is 5.69 Å². The topological polar surface area (TPSA) is 291 Å². The summed E-state index contributed by atoms with van der Waals surface area (Å²) in [6.07, 6.45) is 6.24. The molecule has 1 aromatic heterocycles. The van der Waals surface area contributed by atoms with Crippen molar-refractivity contribution in [2.45, 2.75) is 33.4 Å². The van der Waals surface area contributed by atoms with Crippen LogP contribution in [0, 0.1) is 0 Å². The monoisotopic (exact) mass is 786 g/mol. The minimum atomic E-state index is -5.04. The first-order valence-electron chi connectivity index (χ1n) is 13.3. The van der Waals surface area contributed by atoms with E-state index in [4.69, 9.17) is 10.5 Å². The maximum Gasteiger partial charge on any atom is 0.296 e. The molecule has 0 bridgehead atoms. The minimum absolute atomic E-state index is 0.0307. The van der Waals surface area contributed by atoms with Crippen molar-refractivity contribution in [1.29, 1.82) is 0 Å². The van der Waals surface area contributed by atoms with Crippen LogP contribution in [0.15, 0.2) is 91.0 Å². The van der Waals surface area contributed by atoms with Crippen molar-refractivity contribution in [2.75, 3.05) is 5.01 Å². The van der Waals surface area contributed by atoms with E-state index in [2.05, 4.69) is 28.9 Å². The molecule has 5 N–H and O–H groups in total. The van der Waals surface area contributed by atoms with E-state index in [1.165, 1.54) is 42.5 Å². The van der Waals surface area contributed by atoms with Crippen molar-refractivity contribution < 1.29 is 74.7 Å². The van der Waals surface area contributed by atoms with Gasteiger partial charge in [-0.2, -0.15) is 36.7 Å². The SMILES string of the molecule is CC(=O)C1=NN(c2cc(SOOO)ccc2SOOO)C(=O)\C1=C/C=C/C=C/c1c(C(C)=O)nn(-c2cc(S(=O)(=O)O)ccc2S(=O)(=O)O)c1O. The molecule has 0 fully saturated rings. The number of Topliss-reactive ketones (excluding diaryl/α,β-unsaturated/α-hetero) is 2. The molecule has 0 atom stereocenters. The zero-order chi connectivity index (χ0) is 37.7. The zero-order valence-corrected chi connectivity index (χ0v) is 28.8. The van der Waals surface area contributed by atoms with Gasteiger partial charge >= 0.3 is 0 Å². The largest absolute Gasteiger partial charge is 0.493 e. The lowest BCUT2D eigenvalue weighted by atomic mass is 10.1. The van der Waals surface area contributed by atoms with E-state index in [1.807, 2.05) is 0 Å². The van der Waals surface area contributed by atoms with E-state index < -0.39 is 64.8 Å². The molecule has 3 aromatic rings. The van der Waals surface area contributed by atoms with Crippen LogP contribution >= 0.6 is 24.1 Å². The summed E-state index contributed by atoms with van der Waals surface area (Å²) < 4.78 is 75.9. The number of nitrogens with zero attached hydrogens (tertiary/aromatic N) is 4. The highest BCUT2D eigenvalue weighted by Gasteiger charge is 2.35. The Balaban J connectivity index is 1.70. The Morgan fingerprint density at radius 2 is 1.55 bits per heavy atom. The summed E-state index contributed by atoms with van der Waals surface area (Å²) in [5.41, 5.74) is -1.81. The Labute approximate surface area is 295 Å². The van der Waals surface area contributed by atoms with E-state index in [9.17, 15) is 45.4 Å². The molecule has 1 aliphatic heterocycles. The summed E-state index contributed by atoms with van der Waals surface area (Å²) >= 11 is 1.04. The maximum absolute atomic E-state index is 13.5. The molecule has 1 aliphatic rings. The van der Waals surface area contributed by atoms with Gasteiger partial charge in [-0.1, -0.05) is 28.3 Å². The second-order valence-corrected chi connectivity index (χ2v) is 14.0. The highest BCUT2D eigenvalue weighted by atomic mass is 32.2. The normalized spacial score (nSPS) is 14.7. The summed E-state index contributed by atoms with van der Waals surface area (Å²) in [5, 5.41) is 44.0.